The largest absolute Gasteiger partial charge is 0.457 e. The molecule has 19 heavy (non-hydrogen) atoms. The van der Waals surface area contributed by atoms with E-state index in [9.17, 15) is 4.79 Å². The highest BCUT2D eigenvalue weighted by Crippen LogP contribution is 2.27. The summed E-state index contributed by atoms with van der Waals surface area (Å²) in [4.78, 5) is 11.3. The van der Waals surface area contributed by atoms with E-state index in [0.717, 1.165) is 16.9 Å². The number of Topliss-reactive ketones (excluding diaryl/α,β-unsaturated/α-hetero) is 1. The van der Waals surface area contributed by atoms with Gasteiger partial charge in [-0.15, -0.1) is 0 Å². The first-order valence-electron chi connectivity index (χ1n) is 6.12. The van der Waals surface area contributed by atoms with E-state index < -0.39 is 0 Å². The first-order chi connectivity index (χ1) is 8.95. The van der Waals surface area contributed by atoms with Crippen molar-refractivity contribution in [2.45, 2.75) is 20.8 Å². The second-order valence-electron chi connectivity index (χ2n) is 4.73. The van der Waals surface area contributed by atoms with Crippen LogP contribution in [0.4, 0.5) is 5.69 Å². The van der Waals surface area contributed by atoms with Gasteiger partial charge in [-0.25, -0.2) is 0 Å². The number of rotatable bonds is 3. The SMILES string of the molecule is CC(=O)c1ccc(Oc2cc(C)cc(C)c2)cc1N. The molecule has 0 atom stereocenters. The minimum absolute atomic E-state index is 0.0459. The van der Waals surface area contributed by atoms with Crippen molar-refractivity contribution >= 4 is 11.5 Å². The molecule has 0 spiro atoms. The number of ether oxygens (including phenoxy) is 1. The number of carbonyl (C=O) groups is 1. The van der Waals surface area contributed by atoms with Crippen LogP contribution in [0.2, 0.25) is 0 Å². The lowest BCUT2D eigenvalue weighted by Gasteiger charge is -2.09. The van der Waals surface area contributed by atoms with Crippen molar-refractivity contribution in [3.8, 4) is 11.5 Å². The quantitative estimate of drug-likeness (QED) is 0.669. The highest BCUT2D eigenvalue weighted by atomic mass is 16.5. The predicted molar refractivity (Wildman–Crippen MR) is 76.8 cm³/mol. The van der Waals surface area contributed by atoms with Crippen molar-refractivity contribution < 1.29 is 9.53 Å². The first-order valence-corrected chi connectivity index (χ1v) is 6.12. The third-order valence-electron chi connectivity index (χ3n) is 2.83. The van der Waals surface area contributed by atoms with Crippen molar-refractivity contribution in [3.63, 3.8) is 0 Å². The molecular formula is C16H17NO2. The zero-order chi connectivity index (χ0) is 14.0. The summed E-state index contributed by atoms with van der Waals surface area (Å²) in [6.07, 6.45) is 0. The number of hydrogen-bond acceptors (Lipinski definition) is 3. The average molecular weight is 255 g/mol. The van der Waals surface area contributed by atoms with Crippen LogP contribution in [0.5, 0.6) is 11.5 Å². The van der Waals surface area contributed by atoms with Crippen molar-refractivity contribution in [1.82, 2.24) is 0 Å². The van der Waals surface area contributed by atoms with Crippen LogP contribution < -0.4 is 10.5 Å². The van der Waals surface area contributed by atoms with Crippen LogP contribution in [-0.2, 0) is 0 Å². The van der Waals surface area contributed by atoms with Crippen LogP contribution >= 0.6 is 0 Å². The Hall–Kier alpha value is -2.29. The Kier molecular flexibility index (Phi) is 3.56. The molecule has 0 aliphatic rings. The lowest BCUT2D eigenvalue weighted by molar-refractivity contribution is 0.101. The van der Waals surface area contributed by atoms with E-state index in [1.54, 1.807) is 18.2 Å². The van der Waals surface area contributed by atoms with Gasteiger partial charge in [0.05, 0.1) is 0 Å². The number of carbonyl (C=O) groups excluding carboxylic acids is 1. The summed E-state index contributed by atoms with van der Waals surface area (Å²) in [7, 11) is 0. The van der Waals surface area contributed by atoms with E-state index in [1.165, 1.54) is 6.92 Å². The molecule has 0 saturated carbocycles. The Morgan fingerprint density at radius 1 is 1.00 bits per heavy atom. The highest BCUT2D eigenvalue weighted by Gasteiger charge is 2.06. The number of nitrogens with two attached hydrogens (primary N) is 1. The summed E-state index contributed by atoms with van der Waals surface area (Å²) < 4.78 is 5.76. The fraction of sp³-hybridized carbons (Fsp3) is 0.188. The van der Waals surface area contributed by atoms with Crippen molar-refractivity contribution in [2.24, 2.45) is 0 Å². The molecule has 0 aliphatic carbocycles. The van der Waals surface area contributed by atoms with Gasteiger partial charge in [0, 0.05) is 17.3 Å². The highest BCUT2D eigenvalue weighted by molar-refractivity contribution is 5.99. The van der Waals surface area contributed by atoms with Crippen LogP contribution in [0.1, 0.15) is 28.4 Å². The zero-order valence-corrected chi connectivity index (χ0v) is 11.4. The zero-order valence-electron chi connectivity index (χ0n) is 11.4. The van der Waals surface area contributed by atoms with Gasteiger partial charge in [-0.2, -0.15) is 0 Å². The number of benzene rings is 2. The number of ketones is 1. The maximum Gasteiger partial charge on any atom is 0.161 e. The molecule has 3 heteroatoms. The first kappa shape index (κ1) is 13.1. The third-order valence-corrected chi connectivity index (χ3v) is 2.83. The molecule has 0 aromatic heterocycles. The predicted octanol–water partition coefficient (Wildman–Crippen LogP) is 3.88. The number of anilines is 1. The van der Waals surface area contributed by atoms with Gasteiger partial charge in [0.15, 0.2) is 5.78 Å². The lowest BCUT2D eigenvalue weighted by atomic mass is 10.1. The van der Waals surface area contributed by atoms with Gasteiger partial charge >= 0.3 is 0 Å². The number of hydrogen-bond donors (Lipinski definition) is 1. The molecule has 2 rings (SSSR count). The second kappa shape index (κ2) is 5.14. The number of aryl methyl sites for hydroxylation is 2. The monoisotopic (exact) mass is 255 g/mol. The molecule has 0 amide bonds. The fourth-order valence-corrected chi connectivity index (χ4v) is 2.05. The standard InChI is InChI=1S/C16H17NO2/c1-10-6-11(2)8-14(7-10)19-13-4-5-15(12(3)18)16(17)9-13/h4-9H,17H2,1-3H3. The van der Waals surface area contributed by atoms with Crippen LogP contribution in [0.15, 0.2) is 36.4 Å². The summed E-state index contributed by atoms with van der Waals surface area (Å²) in [5.41, 5.74) is 9.08. The van der Waals surface area contributed by atoms with E-state index in [0.29, 0.717) is 17.0 Å². The molecule has 0 heterocycles. The second-order valence-corrected chi connectivity index (χ2v) is 4.73. The Bertz CT molecular complexity index is 612. The molecule has 0 bridgehead atoms. The van der Waals surface area contributed by atoms with Crippen molar-refractivity contribution in [1.29, 1.82) is 0 Å². The van der Waals surface area contributed by atoms with Gasteiger partial charge in [-0.3, -0.25) is 4.79 Å². The van der Waals surface area contributed by atoms with Gasteiger partial charge in [0.2, 0.25) is 0 Å². The molecule has 0 unspecified atom stereocenters. The molecule has 0 saturated heterocycles. The minimum atomic E-state index is -0.0459. The van der Waals surface area contributed by atoms with Gasteiger partial charge in [-0.1, -0.05) is 6.07 Å². The molecular weight excluding hydrogens is 238 g/mol. The van der Waals surface area contributed by atoms with Gasteiger partial charge < -0.3 is 10.5 Å². The molecule has 2 aromatic rings. The minimum Gasteiger partial charge on any atom is -0.457 e. The van der Waals surface area contributed by atoms with E-state index in [1.807, 2.05) is 26.0 Å². The Morgan fingerprint density at radius 3 is 2.16 bits per heavy atom. The molecule has 0 radical (unpaired) electrons. The molecule has 3 nitrogen and oxygen atoms in total. The van der Waals surface area contributed by atoms with E-state index in [-0.39, 0.29) is 5.78 Å². The average Bonchev–Trinajstić information content (AvgIpc) is 2.26. The van der Waals surface area contributed by atoms with Crippen molar-refractivity contribution in [3.05, 3.63) is 53.1 Å². The smallest absolute Gasteiger partial charge is 0.161 e. The van der Waals surface area contributed by atoms with Crippen LogP contribution in [0, 0.1) is 13.8 Å². The normalized spacial score (nSPS) is 10.3. The van der Waals surface area contributed by atoms with Gasteiger partial charge in [0.1, 0.15) is 11.5 Å². The van der Waals surface area contributed by atoms with Crippen LogP contribution in [0.3, 0.4) is 0 Å². The Labute approximate surface area is 113 Å². The van der Waals surface area contributed by atoms with Crippen LogP contribution in [0.25, 0.3) is 0 Å². The Morgan fingerprint density at radius 2 is 1.63 bits per heavy atom. The van der Waals surface area contributed by atoms with Crippen molar-refractivity contribution in [2.75, 3.05) is 5.73 Å². The van der Waals surface area contributed by atoms with E-state index in [2.05, 4.69) is 6.07 Å². The topological polar surface area (TPSA) is 52.3 Å². The summed E-state index contributed by atoms with van der Waals surface area (Å²) >= 11 is 0. The number of nitrogen functional groups attached to an aromatic ring is 1. The molecule has 0 aliphatic heterocycles. The van der Waals surface area contributed by atoms with Crippen LogP contribution in [-0.4, -0.2) is 5.78 Å². The summed E-state index contributed by atoms with van der Waals surface area (Å²) in [5.74, 6) is 1.36. The summed E-state index contributed by atoms with van der Waals surface area (Å²) in [6, 6.07) is 11.1. The molecule has 98 valence electrons. The molecule has 2 aromatic carbocycles. The Balaban J connectivity index is 2.28. The third kappa shape index (κ3) is 3.13. The van der Waals surface area contributed by atoms with E-state index in [4.69, 9.17) is 10.5 Å². The maximum absolute atomic E-state index is 11.3. The maximum atomic E-state index is 11.3. The van der Waals surface area contributed by atoms with E-state index >= 15 is 0 Å². The van der Waals surface area contributed by atoms with Gasteiger partial charge in [-0.05, 0) is 56.2 Å². The molecule has 0 fully saturated rings. The molecule has 2 N–H and O–H groups in total. The summed E-state index contributed by atoms with van der Waals surface area (Å²) in [5, 5.41) is 0. The van der Waals surface area contributed by atoms with Gasteiger partial charge in [0.25, 0.3) is 0 Å². The lowest BCUT2D eigenvalue weighted by Crippen LogP contribution is -1.99. The summed E-state index contributed by atoms with van der Waals surface area (Å²) in [6.45, 7) is 5.54. The fourth-order valence-electron chi connectivity index (χ4n) is 2.05.